The predicted octanol–water partition coefficient (Wildman–Crippen LogP) is -0.630. The molecule has 12 heteroatoms. The third kappa shape index (κ3) is 4.16. The van der Waals surface area contributed by atoms with Gasteiger partial charge in [-0.1, -0.05) is 18.2 Å². The van der Waals surface area contributed by atoms with Gasteiger partial charge in [-0.2, -0.15) is 0 Å². The van der Waals surface area contributed by atoms with Crippen LogP contribution in [0.15, 0.2) is 46.4 Å². The molecule has 5 rings (SSSR count). The molecule has 1 aromatic carbocycles. The van der Waals surface area contributed by atoms with Crippen LogP contribution >= 0.6 is 0 Å². The Kier molecular flexibility index (Phi) is 6.05. The lowest BCUT2D eigenvalue weighted by Gasteiger charge is -2.34. The number of hydrogen-bond acceptors (Lipinski definition) is 7. The lowest BCUT2D eigenvalue weighted by molar-refractivity contribution is -0.134. The Bertz CT molecular complexity index is 1610. The summed E-state index contributed by atoms with van der Waals surface area (Å²) in [5, 5.41) is 23.1. The summed E-state index contributed by atoms with van der Waals surface area (Å²) in [6.45, 7) is 1.52. The average molecular weight is 510 g/mol. The van der Waals surface area contributed by atoms with Gasteiger partial charge in [0.2, 0.25) is 5.91 Å². The molecule has 1 fully saturated rings. The van der Waals surface area contributed by atoms with Crippen molar-refractivity contribution in [3.8, 4) is 0 Å². The van der Waals surface area contributed by atoms with Crippen molar-refractivity contribution >= 4 is 28.0 Å². The summed E-state index contributed by atoms with van der Waals surface area (Å²) in [4.78, 5) is 47.8. The summed E-state index contributed by atoms with van der Waals surface area (Å²) in [5.41, 5.74) is 5.93. The van der Waals surface area contributed by atoms with E-state index in [1.165, 1.54) is 34.5 Å². The first kappa shape index (κ1) is 24.9. The van der Waals surface area contributed by atoms with Crippen LogP contribution in [0, 0.1) is 0 Å². The number of aromatic nitrogens is 5. The minimum atomic E-state index is -1.50. The fourth-order valence-electron chi connectivity index (χ4n) is 5.44. The average Bonchev–Trinajstić information content (AvgIpc) is 3.44. The first-order chi connectivity index (χ1) is 17.5. The number of β-amino-alcohol motifs (C(OH)–C–C–N with tert-alkyl or cyclic N) is 1. The van der Waals surface area contributed by atoms with E-state index in [1.807, 2.05) is 30.5 Å². The maximum Gasteiger partial charge on any atom is 0.332 e. The van der Waals surface area contributed by atoms with Gasteiger partial charge in [0.1, 0.15) is 0 Å². The van der Waals surface area contributed by atoms with Gasteiger partial charge in [0.15, 0.2) is 11.2 Å². The summed E-state index contributed by atoms with van der Waals surface area (Å²) in [6, 6.07) is 6.02. The molecule has 1 amide bonds. The molecule has 4 aromatic rings. The maximum atomic E-state index is 13.5. The normalized spacial score (nSPS) is 23.5. The Balaban J connectivity index is 1.50. The van der Waals surface area contributed by atoms with E-state index in [4.69, 9.17) is 5.73 Å². The van der Waals surface area contributed by atoms with Crippen LogP contribution in [0.2, 0.25) is 0 Å². The van der Waals surface area contributed by atoms with E-state index in [2.05, 4.69) is 9.97 Å². The number of aliphatic hydroxyl groups excluding tert-OH is 1. The predicted molar refractivity (Wildman–Crippen MR) is 137 cm³/mol. The number of aromatic amines is 1. The molecule has 0 saturated carbocycles. The number of para-hydroxylation sites is 1. The van der Waals surface area contributed by atoms with Crippen molar-refractivity contribution in [1.29, 1.82) is 0 Å². The second-order valence-electron chi connectivity index (χ2n) is 10.2. The molecule has 196 valence electrons. The third-order valence-electron chi connectivity index (χ3n) is 7.44. The maximum absolute atomic E-state index is 13.5. The van der Waals surface area contributed by atoms with Crippen molar-refractivity contribution in [2.45, 2.75) is 43.6 Å². The van der Waals surface area contributed by atoms with Gasteiger partial charge in [-0.05, 0) is 25.0 Å². The summed E-state index contributed by atoms with van der Waals surface area (Å²) in [6.07, 6.45) is 2.46. The lowest BCUT2D eigenvalue weighted by atomic mass is 9.91. The van der Waals surface area contributed by atoms with Crippen LogP contribution in [0.5, 0.6) is 0 Å². The number of nitrogens with zero attached hydrogens (tertiary/aromatic N) is 5. The van der Waals surface area contributed by atoms with Gasteiger partial charge in [-0.15, -0.1) is 0 Å². The quantitative estimate of drug-likeness (QED) is 0.284. The Labute approximate surface area is 211 Å². The number of hydrogen-bond donors (Lipinski definition) is 4. The van der Waals surface area contributed by atoms with Crippen LogP contribution in [0.4, 0.5) is 0 Å². The standard InChI is InChI=1S/C25H31N7O5/c1-25(37)9-15(33)11-31(22(34)17(26)8-14-10-27-18-7-5-4-6-16(14)18)12-19(25)32-13-28-21-20(32)23(35)30(3)24(36)29(21)2/h4-7,10,13,15,17,19,27,33,37H,8-9,11-12,26H2,1-3H3/t15-,17+,19+,25+/m1/s1. The van der Waals surface area contributed by atoms with Crippen molar-refractivity contribution in [2.75, 3.05) is 13.1 Å². The van der Waals surface area contributed by atoms with Crippen LogP contribution in [0.25, 0.3) is 22.1 Å². The monoisotopic (exact) mass is 509 g/mol. The van der Waals surface area contributed by atoms with E-state index in [9.17, 15) is 24.6 Å². The Hall–Kier alpha value is -3.74. The van der Waals surface area contributed by atoms with Crippen LogP contribution < -0.4 is 17.0 Å². The van der Waals surface area contributed by atoms with Gasteiger partial charge >= 0.3 is 5.69 Å². The van der Waals surface area contributed by atoms with Crippen LogP contribution in [-0.2, 0) is 25.3 Å². The number of benzene rings is 1. The molecule has 12 nitrogen and oxygen atoms in total. The minimum Gasteiger partial charge on any atom is -0.391 e. The number of imidazole rings is 1. The smallest absolute Gasteiger partial charge is 0.332 e. The number of nitrogens with one attached hydrogen (secondary N) is 1. The molecule has 1 aliphatic heterocycles. The molecule has 37 heavy (non-hydrogen) atoms. The molecule has 4 atom stereocenters. The van der Waals surface area contributed by atoms with Crippen molar-refractivity contribution < 1.29 is 15.0 Å². The Morgan fingerprint density at radius 2 is 1.97 bits per heavy atom. The van der Waals surface area contributed by atoms with Crippen molar-refractivity contribution in [3.63, 3.8) is 0 Å². The summed E-state index contributed by atoms with van der Waals surface area (Å²) < 4.78 is 3.73. The van der Waals surface area contributed by atoms with Gasteiger partial charge in [-0.25, -0.2) is 9.78 Å². The number of rotatable bonds is 4. The van der Waals surface area contributed by atoms with Crippen molar-refractivity contribution in [2.24, 2.45) is 19.8 Å². The number of carbonyl (C=O) groups is 1. The largest absolute Gasteiger partial charge is 0.391 e. The highest BCUT2D eigenvalue weighted by molar-refractivity contribution is 5.86. The van der Waals surface area contributed by atoms with E-state index in [0.29, 0.717) is 0 Å². The highest BCUT2D eigenvalue weighted by Crippen LogP contribution is 2.33. The molecule has 1 aliphatic rings. The molecule has 4 heterocycles. The second kappa shape index (κ2) is 8.98. The van der Waals surface area contributed by atoms with Crippen molar-refractivity contribution in [1.82, 2.24) is 28.6 Å². The molecule has 0 radical (unpaired) electrons. The number of likely N-dealkylation sites (tertiary alicyclic amines) is 1. The highest BCUT2D eigenvalue weighted by atomic mass is 16.3. The zero-order chi connectivity index (χ0) is 26.6. The van der Waals surface area contributed by atoms with Crippen LogP contribution in [0.1, 0.15) is 24.9 Å². The fraction of sp³-hybridized carbons (Fsp3) is 0.440. The number of amides is 1. The number of carbonyl (C=O) groups excluding carboxylic acids is 1. The molecule has 0 spiro atoms. The lowest BCUT2D eigenvalue weighted by Crippen LogP contribution is -2.49. The molecule has 0 bridgehead atoms. The Morgan fingerprint density at radius 1 is 1.24 bits per heavy atom. The SMILES string of the molecule is Cn1c(=O)c2c(ncn2[C@H]2CN(C(=O)[C@@H](N)Cc3c[nH]c4ccccc34)C[C@H](O)C[C@]2(C)O)n(C)c1=O. The molecular formula is C25H31N7O5. The van der Waals surface area contributed by atoms with E-state index in [-0.39, 0.29) is 43.0 Å². The first-order valence-electron chi connectivity index (χ1n) is 12.1. The zero-order valence-corrected chi connectivity index (χ0v) is 21.0. The van der Waals surface area contributed by atoms with Crippen LogP contribution in [-0.4, -0.2) is 75.5 Å². The topological polar surface area (TPSA) is 164 Å². The van der Waals surface area contributed by atoms with Gasteiger partial charge in [0.05, 0.1) is 30.1 Å². The van der Waals surface area contributed by atoms with E-state index >= 15 is 0 Å². The summed E-state index contributed by atoms with van der Waals surface area (Å²) >= 11 is 0. The Morgan fingerprint density at radius 3 is 2.73 bits per heavy atom. The first-order valence-corrected chi connectivity index (χ1v) is 12.1. The van der Waals surface area contributed by atoms with Gasteiger partial charge in [0, 0.05) is 50.7 Å². The number of fused-ring (bicyclic) bond motifs is 2. The van der Waals surface area contributed by atoms with Crippen LogP contribution in [0.3, 0.4) is 0 Å². The molecule has 3 aromatic heterocycles. The van der Waals surface area contributed by atoms with Gasteiger partial charge in [0.25, 0.3) is 5.56 Å². The number of aryl methyl sites for hydroxylation is 1. The van der Waals surface area contributed by atoms with E-state index < -0.39 is 35.0 Å². The zero-order valence-electron chi connectivity index (χ0n) is 21.0. The van der Waals surface area contributed by atoms with E-state index in [1.54, 1.807) is 6.92 Å². The third-order valence-corrected chi connectivity index (χ3v) is 7.44. The van der Waals surface area contributed by atoms with Gasteiger partial charge < -0.3 is 30.4 Å². The highest BCUT2D eigenvalue weighted by Gasteiger charge is 2.43. The molecule has 0 unspecified atom stereocenters. The molecule has 0 aliphatic carbocycles. The molecule has 1 saturated heterocycles. The number of nitrogens with two attached hydrogens (primary N) is 1. The fourth-order valence-corrected chi connectivity index (χ4v) is 5.44. The molecule has 5 N–H and O–H groups in total. The second-order valence-corrected chi connectivity index (χ2v) is 10.2. The molecular weight excluding hydrogens is 478 g/mol. The number of H-pyrrole nitrogens is 1. The van der Waals surface area contributed by atoms with E-state index in [0.717, 1.165) is 21.0 Å². The number of aliphatic hydroxyl groups is 2. The van der Waals surface area contributed by atoms with Crippen molar-refractivity contribution in [3.05, 3.63) is 63.2 Å². The summed E-state index contributed by atoms with van der Waals surface area (Å²) in [5.74, 6) is -0.378. The summed E-state index contributed by atoms with van der Waals surface area (Å²) in [7, 11) is 2.88. The van der Waals surface area contributed by atoms with Gasteiger partial charge in [-0.3, -0.25) is 18.7 Å². The minimum absolute atomic E-state index is 0.0120.